The van der Waals surface area contributed by atoms with Gasteiger partial charge in [0.1, 0.15) is 5.56 Å². The SMILES string of the molecule is Cc1ncc(CNC(=O)c2cc(NN)ccc2[N+](=O)[O-])s1. The van der Waals surface area contributed by atoms with Crippen molar-refractivity contribution in [3.8, 4) is 0 Å². The smallest absolute Gasteiger partial charge is 0.282 e. The molecule has 110 valence electrons. The second kappa shape index (κ2) is 6.29. The van der Waals surface area contributed by atoms with Crippen molar-refractivity contribution in [3.05, 3.63) is 50.0 Å². The van der Waals surface area contributed by atoms with Crippen molar-refractivity contribution in [2.24, 2.45) is 5.84 Å². The molecule has 2 aromatic rings. The highest BCUT2D eigenvalue weighted by atomic mass is 32.1. The molecule has 0 aliphatic rings. The van der Waals surface area contributed by atoms with Crippen molar-refractivity contribution >= 4 is 28.6 Å². The topological polar surface area (TPSA) is 123 Å². The first-order valence-electron chi connectivity index (χ1n) is 5.96. The molecular formula is C12H13N5O3S. The van der Waals surface area contributed by atoms with Gasteiger partial charge in [0.05, 0.1) is 16.5 Å². The first-order valence-corrected chi connectivity index (χ1v) is 6.77. The average molecular weight is 307 g/mol. The Balaban J connectivity index is 2.19. The number of nitro benzene ring substituents is 1. The normalized spacial score (nSPS) is 10.2. The number of nitrogens with two attached hydrogens (primary N) is 1. The molecule has 0 saturated heterocycles. The monoisotopic (exact) mass is 307 g/mol. The van der Waals surface area contributed by atoms with Gasteiger partial charge in [-0.1, -0.05) is 0 Å². The number of anilines is 1. The molecular weight excluding hydrogens is 294 g/mol. The predicted molar refractivity (Wildman–Crippen MR) is 78.9 cm³/mol. The fourth-order valence-electron chi connectivity index (χ4n) is 1.72. The first-order chi connectivity index (χ1) is 10.0. The molecule has 0 fully saturated rings. The number of carbonyl (C=O) groups is 1. The van der Waals surface area contributed by atoms with Crippen LogP contribution >= 0.6 is 11.3 Å². The van der Waals surface area contributed by atoms with Crippen LogP contribution in [-0.2, 0) is 6.54 Å². The molecule has 1 aromatic carbocycles. The van der Waals surface area contributed by atoms with Gasteiger partial charge in [0.15, 0.2) is 0 Å². The van der Waals surface area contributed by atoms with Crippen LogP contribution in [0.15, 0.2) is 24.4 Å². The Morgan fingerprint density at radius 1 is 1.52 bits per heavy atom. The number of thiazole rings is 1. The molecule has 0 bridgehead atoms. The van der Waals surface area contributed by atoms with Crippen molar-refractivity contribution < 1.29 is 9.72 Å². The standard InChI is InChI=1S/C12H13N5O3S/c1-7-14-5-9(21-7)6-15-12(18)10-4-8(16-13)2-3-11(10)17(19)20/h2-5,16H,6,13H2,1H3,(H,15,18). The molecule has 0 aliphatic heterocycles. The number of nitrogens with one attached hydrogen (secondary N) is 2. The van der Waals surface area contributed by atoms with Crippen LogP contribution in [0.5, 0.6) is 0 Å². The summed E-state index contributed by atoms with van der Waals surface area (Å²) in [6.45, 7) is 2.12. The van der Waals surface area contributed by atoms with Gasteiger partial charge in [0.25, 0.3) is 11.6 Å². The summed E-state index contributed by atoms with van der Waals surface area (Å²) in [6.07, 6.45) is 1.66. The number of hydrazine groups is 1. The fourth-order valence-corrected chi connectivity index (χ4v) is 2.45. The van der Waals surface area contributed by atoms with Crippen molar-refractivity contribution in [1.82, 2.24) is 10.3 Å². The lowest BCUT2D eigenvalue weighted by Crippen LogP contribution is -2.23. The molecule has 0 unspecified atom stereocenters. The number of aromatic nitrogens is 1. The van der Waals surface area contributed by atoms with Gasteiger partial charge in [0, 0.05) is 22.8 Å². The Labute approximate surface area is 124 Å². The van der Waals surface area contributed by atoms with E-state index in [1.54, 1.807) is 6.20 Å². The minimum atomic E-state index is -0.605. The largest absolute Gasteiger partial charge is 0.347 e. The molecule has 1 aromatic heterocycles. The Morgan fingerprint density at radius 2 is 2.29 bits per heavy atom. The summed E-state index contributed by atoms with van der Waals surface area (Å²) < 4.78 is 0. The number of benzene rings is 1. The lowest BCUT2D eigenvalue weighted by atomic mass is 10.1. The molecule has 0 spiro atoms. The van der Waals surface area contributed by atoms with Gasteiger partial charge in [0.2, 0.25) is 0 Å². The number of hydrogen-bond donors (Lipinski definition) is 3. The van der Waals surface area contributed by atoms with Gasteiger partial charge in [-0.2, -0.15) is 0 Å². The quantitative estimate of drug-likeness (QED) is 0.438. The van der Waals surface area contributed by atoms with E-state index in [4.69, 9.17) is 5.84 Å². The maximum Gasteiger partial charge on any atom is 0.282 e. The third kappa shape index (κ3) is 3.52. The van der Waals surface area contributed by atoms with Gasteiger partial charge >= 0.3 is 0 Å². The lowest BCUT2D eigenvalue weighted by molar-refractivity contribution is -0.385. The van der Waals surface area contributed by atoms with E-state index in [0.29, 0.717) is 5.69 Å². The molecule has 1 heterocycles. The predicted octanol–water partition coefficient (Wildman–Crippen LogP) is 1.58. The minimum absolute atomic E-state index is 0.0447. The second-order valence-corrected chi connectivity index (χ2v) is 5.48. The van der Waals surface area contributed by atoms with E-state index in [9.17, 15) is 14.9 Å². The van der Waals surface area contributed by atoms with E-state index in [-0.39, 0.29) is 17.8 Å². The Kier molecular flexibility index (Phi) is 4.45. The number of carbonyl (C=O) groups excluding carboxylic acids is 1. The Morgan fingerprint density at radius 3 is 2.86 bits per heavy atom. The van der Waals surface area contributed by atoms with Crippen LogP contribution in [0.25, 0.3) is 0 Å². The van der Waals surface area contributed by atoms with Crippen molar-refractivity contribution in [2.75, 3.05) is 5.43 Å². The van der Waals surface area contributed by atoms with Crippen LogP contribution in [-0.4, -0.2) is 15.8 Å². The van der Waals surface area contributed by atoms with E-state index in [2.05, 4.69) is 15.7 Å². The summed E-state index contributed by atoms with van der Waals surface area (Å²) in [7, 11) is 0. The second-order valence-electron chi connectivity index (χ2n) is 4.16. The van der Waals surface area contributed by atoms with Crippen LogP contribution in [0.1, 0.15) is 20.2 Å². The van der Waals surface area contributed by atoms with E-state index >= 15 is 0 Å². The molecule has 2 rings (SSSR count). The zero-order chi connectivity index (χ0) is 15.4. The summed E-state index contributed by atoms with van der Waals surface area (Å²) in [5.74, 6) is 4.72. The molecule has 0 aliphatic carbocycles. The Hall–Kier alpha value is -2.52. The molecule has 21 heavy (non-hydrogen) atoms. The number of aryl methyl sites for hydroxylation is 1. The van der Waals surface area contributed by atoms with Gasteiger partial charge in [-0.05, 0) is 19.1 Å². The third-order valence-corrected chi connectivity index (χ3v) is 3.61. The van der Waals surface area contributed by atoms with E-state index in [1.807, 2.05) is 6.92 Å². The highest BCUT2D eigenvalue weighted by Gasteiger charge is 2.20. The third-order valence-electron chi connectivity index (χ3n) is 2.70. The molecule has 9 heteroatoms. The van der Waals surface area contributed by atoms with Crippen molar-refractivity contribution in [2.45, 2.75) is 13.5 Å². The molecule has 1 amide bonds. The van der Waals surface area contributed by atoms with Crippen molar-refractivity contribution in [1.29, 1.82) is 0 Å². The van der Waals surface area contributed by atoms with E-state index in [0.717, 1.165) is 9.88 Å². The molecule has 0 atom stereocenters. The van der Waals surface area contributed by atoms with Gasteiger partial charge in [-0.15, -0.1) is 11.3 Å². The first kappa shape index (κ1) is 14.9. The number of amides is 1. The van der Waals surface area contributed by atoms with Gasteiger partial charge < -0.3 is 10.7 Å². The van der Waals surface area contributed by atoms with Gasteiger partial charge in [-0.3, -0.25) is 20.8 Å². The number of nitrogen functional groups attached to an aromatic ring is 1. The summed E-state index contributed by atoms with van der Waals surface area (Å²) in [6, 6.07) is 4.01. The minimum Gasteiger partial charge on any atom is -0.347 e. The number of nitro groups is 1. The number of nitrogens with zero attached hydrogens (tertiary/aromatic N) is 2. The fraction of sp³-hybridized carbons (Fsp3) is 0.167. The zero-order valence-electron chi connectivity index (χ0n) is 11.1. The van der Waals surface area contributed by atoms with Crippen LogP contribution < -0.4 is 16.6 Å². The molecule has 0 saturated carbocycles. The highest BCUT2D eigenvalue weighted by molar-refractivity contribution is 7.11. The number of rotatable bonds is 5. The molecule has 4 N–H and O–H groups in total. The lowest BCUT2D eigenvalue weighted by Gasteiger charge is -2.06. The maximum atomic E-state index is 12.1. The van der Waals surface area contributed by atoms with Crippen molar-refractivity contribution in [3.63, 3.8) is 0 Å². The summed E-state index contributed by atoms with van der Waals surface area (Å²) in [5.41, 5.74) is 2.46. The van der Waals surface area contributed by atoms with Crippen LogP contribution in [0.4, 0.5) is 11.4 Å². The van der Waals surface area contributed by atoms with E-state index < -0.39 is 10.8 Å². The summed E-state index contributed by atoms with van der Waals surface area (Å²) in [5, 5.41) is 14.5. The summed E-state index contributed by atoms with van der Waals surface area (Å²) >= 11 is 1.45. The average Bonchev–Trinajstić information content (AvgIpc) is 2.89. The zero-order valence-corrected chi connectivity index (χ0v) is 11.9. The maximum absolute atomic E-state index is 12.1. The number of hydrogen-bond acceptors (Lipinski definition) is 7. The molecule has 8 nitrogen and oxygen atoms in total. The van der Waals surface area contributed by atoms with Crippen LogP contribution in [0.3, 0.4) is 0 Å². The Bertz CT molecular complexity index is 685. The van der Waals surface area contributed by atoms with Crippen LogP contribution in [0, 0.1) is 17.0 Å². The summed E-state index contributed by atoms with van der Waals surface area (Å²) in [4.78, 5) is 27.4. The molecule has 0 radical (unpaired) electrons. The van der Waals surface area contributed by atoms with Gasteiger partial charge in [-0.25, -0.2) is 4.98 Å². The van der Waals surface area contributed by atoms with Crippen LogP contribution in [0.2, 0.25) is 0 Å². The van der Waals surface area contributed by atoms with E-state index in [1.165, 1.54) is 29.5 Å². The highest BCUT2D eigenvalue weighted by Crippen LogP contribution is 2.22.